The Kier molecular flexibility index (Phi) is 6.37. The molecule has 146 valence electrons. The van der Waals surface area contributed by atoms with Crippen LogP contribution in [0.4, 0.5) is 0 Å². The third kappa shape index (κ3) is 3.91. The molecule has 2 aromatic carbocycles. The van der Waals surface area contributed by atoms with Gasteiger partial charge >= 0.3 is 0 Å². The number of hydrogen-bond acceptors (Lipinski definition) is 3. The van der Waals surface area contributed by atoms with E-state index in [2.05, 4.69) is 5.32 Å². The smallest absolute Gasteiger partial charge is 0.193 e. The maximum atomic E-state index is 13.4. The summed E-state index contributed by atoms with van der Waals surface area (Å²) in [5.41, 5.74) is 3.03. The summed E-state index contributed by atoms with van der Waals surface area (Å²) in [6.07, 6.45) is 0. The average molecular weight is 415 g/mol. The minimum Gasteiger partial charge on any atom is -0.492 e. The molecule has 0 bridgehead atoms. The molecule has 6 heteroatoms. The fourth-order valence-electron chi connectivity index (χ4n) is 3.42. The van der Waals surface area contributed by atoms with Crippen LogP contribution in [0.15, 0.2) is 59.8 Å². The van der Waals surface area contributed by atoms with Gasteiger partial charge in [-0.05, 0) is 50.7 Å². The molecule has 0 spiro atoms. The fraction of sp³-hybridized carbons (Fsp3) is 0.273. The Morgan fingerprint density at radius 1 is 1.21 bits per heavy atom. The highest BCUT2D eigenvalue weighted by Gasteiger charge is 2.33. The number of Topliss-reactive ketones (excluding diaryl/α,β-unsaturated/α-hetero) is 1. The summed E-state index contributed by atoms with van der Waals surface area (Å²) in [6, 6.07) is 14.5. The van der Waals surface area contributed by atoms with Crippen molar-refractivity contribution in [3.63, 3.8) is 0 Å². The van der Waals surface area contributed by atoms with Gasteiger partial charge in [0.15, 0.2) is 10.9 Å². The lowest BCUT2D eigenvalue weighted by molar-refractivity contribution is 0.102. The lowest BCUT2D eigenvalue weighted by Crippen LogP contribution is -2.47. The first-order valence-corrected chi connectivity index (χ1v) is 10.1. The topological polar surface area (TPSA) is 41.6 Å². The number of allylic oxidation sites excluding steroid dienone is 1. The van der Waals surface area contributed by atoms with Gasteiger partial charge < -0.3 is 15.0 Å². The van der Waals surface area contributed by atoms with E-state index in [4.69, 9.17) is 28.6 Å². The summed E-state index contributed by atoms with van der Waals surface area (Å²) in [4.78, 5) is 15.3. The number of rotatable bonds is 6. The van der Waals surface area contributed by atoms with Gasteiger partial charge in [-0.1, -0.05) is 48.0 Å². The lowest BCUT2D eigenvalue weighted by atomic mass is 9.89. The van der Waals surface area contributed by atoms with E-state index < -0.39 is 0 Å². The maximum absolute atomic E-state index is 13.4. The van der Waals surface area contributed by atoms with Gasteiger partial charge in [-0.15, -0.1) is 0 Å². The zero-order valence-corrected chi connectivity index (χ0v) is 17.7. The van der Waals surface area contributed by atoms with Crippen LogP contribution in [0.25, 0.3) is 0 Å². The van der Waals surface area contributed by atoms with Crippen molar-refractivity contribution in [2.75, 3.05) is 13.2 Å². The second kappa shape index (κ2) is 8.76. The molecule has 0 radical (unpaired) electrons. The van der Waals surface area contributed by atoms with E-state index in [9.17, 15) is 4.79 Å². The van der Waals surface area contributed by atoms with Gasteiger partial charge in [-0.2, -0.15) is 0 Å². The predicted octanol–water partition coefficient (Wildman–Crippen LogP) is 5.15. The maximum Gasteiger partial charge on any atom is 0.193 e. The number of carbonyl (C=O) groups is 1. The van der Waals surface area contributed by atoms with Crippen molar-refractivity contribution < 1.29 is 9.53 Å². The third-order valence-electron chi connectivity index (χ3n) is 4.78. The number of halogens is 1. The number of nitrogens with one attached hydrogen (secondary N) is 1. The lowest BCUT2D eigenvalue weighted by Gasteiger charge is -2.37. The van der Waals surface area contributed by atoms with Crippen molar-refractivity contribution in [2.24, 2.45) is 0 Å². The summed E-state index contributed by atoms with van der Waals surface area (Å²) < 4.78 is 5.53. The third-order valence-corrected chi connectivity index (χ3v) is 5.42. The predicted molar refractivity (Wildman–Crippen MR) is 117 cm³/mol. The molecule has 1 heterocycles. The van der Waals surface area contributed by atoms with Crippen LogP contribution in [-0.2, 0) is 0 Å². The average Bonchev–Trinajstić information content (AvgIpc) is 2.70. The number of hydrogen-bond donors (Lipinski definition) is 1. The molecule has 1 unspecified atom stereocenters. The summed E-state index contributed by atoms with van der Waals surface area (Å²) in [5.74, 6) is 0.597. The number of thiocarbonyl (C=S) groups is 1. The van der Waals surface area contributed by atoms with Crippen LogP contribution in [0.1, 0.15) is 42.7 Å². The van der Waals surface area contributed by atoms with Gasteiger partial charge in [0.05, 0.1) is 17.7 Å². The van der Waals surface area contributed by atoms with Crippen LogP contribution < -0.4 is 10.1 Å². The fourth-order valence-corrected chi connectivity index (χ4v) is 4.05. The second-order valence-electron chi connectivity index (χ2n) is 6.44. The van der Waals surface area contributed by atoms with Crippen molar-refractivity contribution in [2.45, 2.75) is 26.8 Å². The van der Waals surface area contributed by atoms with E-state index in [1.807, 2.05) is 74.2 Å². The summed E-state index contributed by atoms with van der Waals surface area (Å²) in [5, 5.41) is 4.43. The van der Waals surface area contributed by atoms with E-state index >= 15 is 0 Å². The Morgan fingerprint density at radius 3 is 2.54 bits per heavy atom. The first kappa shape index (κ1) is 20.4. The zero-order valence-electron chi connectivity index (χ0n) is 16.2. The molecule has 28 heavy (non-hydrogen) atoms. The number of nitrogens with zero attached hydrogens (tertiary/aromatic N) is 1. The van der Waals surface area contributed by atoms with Gasteiger partial charge in [0.2, 0.25) is 0 Å². The number of ether oxygens (including phenoxy) is 1. The molecule has 1 atom stereocenters. The molecule has 0 amide bonds. The Morgan fingerprint density at radius 2 is 1.93 bits per heavy atom. The first-order valence-electron chi connectivity index (χ1n) is 9.28. The van der Waals surface area contributed by atoms with Crippen molar-refractivity contribution in [3.05, 3.63) is 76.0 Å². The van der Waals surface area contributed by atoms with Gasteiger partial charge in [0.25, 0.3) is 0 Å². The van der Waals surface area contributed by atoms with Crippen LogP contribution in [-0.4, -0.2) is 28.9 Å². The van der Waals surface area contributed by atoms with E-state index in [0.717, 1.165) is 11.3 Å². The van der Waals surface area contributed by atoms with Crippen LogP contribution in [0.3, 0.4) is 0 Å². The van der Waals surface area contributed by atoms with Crippen molar-refractivity contribution in [3.8, 4) is 5.75 Å². The molecule has 0 aromatic heterocycles. The summed E-state index contributed by atoms with van der Waals surface area (Å²) in [6.45, 7) is 7.08. The van der Waals surface area contributed by atoms with Crippen LogP contribution >= 0.6 is 23.8 Å². The monoisotopic (exact) mass is 414 g/mol. The molecule has 0 saturated carbocycles. The van der Waals surface area contributed by atoms with E-state index in [0.29, 0.717) is 40.2 Å². The highest BCUT2D eigenvalue weighted by atomic mass is 35.5. The Hall–Kier alpha value is -2.37. The molecule has 2 aromatic rings. The van der Waals surface area contributed by atoms with Crippen LogP contribution in [0.2, 0.25) is 5.02 Å². The number of ketones is 1. The molecule has 0 fully saturated rings. The highest BCUT2D eigenvalue weighted by Crippen LogP contribution is 2.36. The molecule has 0 aliphatic carbocycles. The second-order valence-corrected chi connectivity index (χ2v) is 7.24. The van der Waals surface area contributed by atoms with Gasteiger partial charge in [0.1, 0.15) is 5.75 Å². The van der Waals surface area contributed by atoms with Gasteiger partial charge in [-0.3, -0.25) is 4.79 Å². The molecule has 1 N–H and O–H groups in total. The highest BCUT2D eigenvalue weighted by molar-refractivity contribution is 7.80. The zero-order chi connectivity index (χ0) is 20.3. The quantitative estimate of drug-likeness (QED) is 0.523. The Labute approximate surface area is 176 Å². The van der Waals surface area contributed by atoms with E-state index in [-0.39, 0.29) is 11.8 Å². The number of carbonyl (C=O) groups excluding carboxylic acids is 1. The minimum absolute atomic E-state index is 0.0263. The molecule has 1 aliphatic rings. The van der Waals surface area contributed by atoms with Crippen molar-refractivity contribution in [1.29, 1.82) is 0 Å². The van der Waals surface area contributed by atoms with Crippen LogP contribution in [0, 0.1) is 0 Å². The van der Waals surface area contributed by atoms with Crippen molar-refractivity contribution >= 4 is 34.7 Å². The summed E-state index contributed by atoms with van der Waals surface area (Å²) in [7, 11) is 0. The van der Waals surface area contributed by atoms with Gasteiger partial charge in [-0.25, -0.2) is 0 Å². The number of benzene rings is 2. The minimum atomic E-state index is -0.379. The summed E-state index contributed by atoms with van der Waals surface area (Å²) >= 11 is 12.0. The normalized spacial score (nSPS) is 16.8. The Bertz CT molecular complexity index is 927. The van der Waals surface area contributed by atoms with Crippen molar-refractivity contribution in [1.82, 2.24) is 10.2 Å². The SMILES string of the molecule is CCOc1ccc(C2NC(=S)N(CC)C(C)=C2C(=O)c2ccccc2)cc1Cl. The molecular weight excluding hydrogens is 392 g/mol. The molecule has 0 saturated heterocycles. The Balaban J connectivity index is 2.10. The van der Waals surface area contributed by atoms with Crippen LogP contribution in [0.5, 0.6) is 5.75 Å². The molecular formula is C22H23ClN2O2S. The van der Waals surface area contributed by atoms with E-state index in [1.165, 1.54) is 0 Å². The molecule has 4 nitrogen and oxygen atoms in total. The van der Waals surface area contributed by atoms with E-state index in [1.54, 1.807) is 0 Å². The first-order chi connectivity index (χ1) is 13.5. The molecule has 1 aliphatic heterocycles. The standard InChI is InChI=1S/C22H23ClN2O2S/c1-4-25-14(3)19(21(26)15-9-7-6-8-10-15)20(24-22(25)28)16-11-12-18(27-5-2)17(23)13-16/h6-13,20H,4-5H2,1-3H3,(H,24,28). The molecule has 3 rings (SSSR count). The largest absolute Gasteiger partial charge is 0.492 e. The van der Waals surface area contributed by atoms with Gasteiger partial charge in [0, 0.05) is 23.4 Å².